The zero-order valence-electron chi connectivity index (χ0n) is 1.59. The number of hydrogen-bond donors (Lipinski definition) is 0. The van der Waals surface area contributed by atoms with Crippen molar-refractivity contribution in [3.05, 3.63) is 0 Å². The Balaban J connectivity index is 0. The SMILES string of the molecule is [Cr].[Fe].[Mn].[V]. The van der Waals surface area contributed by atoms with Gasteiger partial charge in [0.1, 0.15) is 0 Å². The molecule has 0 fully saturated rings. The predicted molar refractivity (Wildman–Crippen MR) is 0 cm³/mol. The molecule has 0 rings (SSSR count). The molecule has 0 aromatic rings. The molecule has 0 aliphatic carbocycles. The van der Waals surface area contributed by atoms with Gasteiger partial charge in [0.05, 0.1) is 0 Å². The van der Waals surface area contributed by atoms with Crippen molar-refractivity contribution in [2.75, 3.05) is 0 Å². The molecule has 0 spiro atoms. The maximum Gasteiger partial charge on any atom is 0 e. The van der Waals surface area contributed by atoms with Crippen molar-refractivity contribution in [3.8, 4) is 0 Å². The summed E-state index contributed by atoms with van der Waals surface area (Å²) < 4.78 is 0. The van der Waals surface area contributed by atoms with E-state index in [0.29, 0.717) is 0 Å². The normalized spacial score (nSPS) is 0. The van der Waals surface area contributed by atoms with Gasteiger partial charge in [-0.25, -0.2) is 0 Å². The smallest absolute Gasteiger partial charge is 0 e. The molecule has 26 valence electrons. The Morgan fingerprint density at radius 1 is 1.00 bits per heavy atom. The largest absolute Gasteiger partial charge is 0 e. The predicted octanol–water partition coefficient (Wildman–Crippen LogP) is -0.0100. The average Bonchev–Trinajstić information content (AvgIpc) is 0. The molecule has 0 bridgehead atoms. The molecule has 2 radical (unpaired) electrons. The van der Waals surface area contributed by atoms with E-state index in [4.69, 9.17) is 0 Å². The third-order valence-corrected chi connectivity index (χ3v) is 0. The van der Waals surface area contributed by atoms with E-state index in [-0.39, 0.29) is 70.1 Å². The minimum atomic E-state index is 0. The van der Waals surface area contributed by atoms with Gasteiger partial charge in [0.2, 0.25) is 0 Å². The van der Waals surface area contributed by atoms with Crippen molar-refractivity contribution in [2.24, 2.45) is 0 Å². The van der Waals surface area contributed by atoms with Crippen LogP contribution in [0.3, 0.4) is 0 Å². The van der Waals surface area contributed by atoms with Gasteiger partial charge in [0.25, 0.3) is 0 Å². The first-order chi connectivity index (χ1) is 0. The summed E-state index contributed by atoms with van der Waals surface area (Å²) in [5.41, 5.74) is 0. The fourth-order valence-electron chi connectivity index (χ4n) is 0. The van der Waals surface area contributed by atoms with Gasteiger partial charge in [0, 0.05) is 70.1 Å². The summed E-state index contributed by atoms with van der Waals surface area (Å²) >= 11 is 0. The Kier molecular flexibility index (Phi) is 169. The fraction of sp³-hybridized carbons (Fsp3) is 0. The van der Waals surface area contributed by atoms with E-state index in [0.717, 1.165) is 0 Å². The number of rotatable bonds is 0. The van der Waals surface area contributed by atoms with Crippen molar-refractivity contribution >= 4 is 0 Å². The molecule has 0 unspecified atom stereocenters. The summed E-state index contributed by atoms with van der Waals surface area (Å²) in [6.45, 7) is 0. The Labute approximate surface area is 69.4 Å². The van der Waals surface area contributed by atoms with E-state index in [2.05, 4.69) is 0 Å². The fourth-order valence-corrected chi connectivity index (χ4v) is 0. The molecule has 0 saturated heterocycles. The van der Waals surface area contributed by atoms with Crippen molar-refractivity contribution < 1.29 is 70.1 Å². The molecule has 4 heavy (non-hydrogen) atoms. The maximum atomic E-state index is 0. The van der Waals surface area contributed by atoms with E-state index in [9.17, 15) is 0 Å². The van der Waals surface area contributed by atoms with Crippen LogP contribution in [-0.4, -0.2) is 0 Å². The third kappa shape index (κ3) is 8.91. The van der Waals surface area contributed by atoms with Crippen LogP contribution >= 0.6 is 0 Å². The molecule has 0 N–H and O–H groups in total. The first kappa shape index (κ1) is 35.2. The Morgan fingerprint density at radius 2 is 1.00 bits per heavy atom. The van der Waals surface area contributed by atoms with Crippen LogP contribution in [0.15, 0.2) is 0 Å². The molecule has 0 atom stereocenters. The first-order valence-corrected chi connectivity index (χ1v) is 0. The van der Waals surface area contributed by atoms with Crippen LogP contribution in [0.5, 0.6) is 0 Å². The average molecular weight is 214 g/mol. The summed E-state index contributed by atoms with van der Waals surface area (Å²) in [6.07, 6.45) is 0. The summed E-state index contributed by atoms with van der Waals surface area (Å²) in [6, 6.07) is 0. The second kappa shape index (κ2) is 19.2. The van der Waals surface area contributed by atoms with Crippen LogP contribution in [0.25, 0.3) is 0 Å². The third-order valence-electron chi connectivity index (χ3n) is 0. The van der Waals surface area contributed by atoms with Gasteiger partial charge in [-0.05, 0) is 0 Å². The van der Waals surface area contributed by atoms with Gasteiger partial charge in [-0.2, -0.15) is 0 Å². The zero-order valence-corrected chi connectivity index (χ0v) is 6.54. The van der Waals surface area contributed by atoms with E-state index in [1.807, 2.05) is 0 Å². The summed E-state index contributed by atoms with van der Waals surface area (Å²) in [4.78, 5) is 0. The van der Waals surface area contributed by atoms with Crippen LogP contribution in [0.2, 0.25) is 0 Å². The maximum absolute atomic E-state index is 0. The zero-order chi connectivity index (χ0) is 0. The van der Waals surface area contributed by atoms with Gasteiger partial charge >= 0.3 is 0 Å². The van der Waals surface area contributed by atoms with Gasteiger partial charge in [-0.1, -0.05) is 0 Å². The molecule has 0 aromatic heterocycles. The van der Waals surface area contributed by atoms with Crippen LogP contribution in [-0.2, 0) is 70.1 Å². The summed E-state index contributed by atoms with van der Waals surface area (Å²) in [7, 11) is 0. The Bertz CT molecular complexity index is 8.00. The molecule has 0 saturated carbocycles. The Morgan fingerprint density at radius 3 is 1.00 bits per heavy atom. The van der Waals surface area contributed by atoms with Gasteiger partial charge in [0.15, 0.2) is 0 Å². The molecule has 0 heterocycles. The molecule has 0 aliphatic heterocycles. The second-order valence-electron chi connectivity index (χ2n) is 0. The molecule has 0 aromatic carbocycles. The van der Waals surface area contributed by atoms with E-state index in [1.54, 1.807) is 0 Å². The minimum absolute atomic E-state index is 0. The molecule has 4 heteroatoms. The molecule has 0 aliphatic rings. The number of hydrogen-bond acceptors (Lipinski definition) is 0. The van der Waals surface area contributed by atoms with E-state index in [1.165, 1.54) is 0 Å². The van der Waals surface area contributed by atoms with Crippen LogP contribution in [0.4, 0.5) is 0 Å². The quantitative estimate of drug-likeness (QED) is 0.497. The summed E-state index contributed by atoms with van der Waals surface area (Å²) in [5, 5.41) is 0. The van der Waals surface area contributed by atoms with Crippen molar-refractivity contribution in [1.82, 2.24) is 0 Å². The van der Waals surface area contributed by atoms with Crippen LogP contribution in [0.1, 0.15) is 0 Å². The van der Waals surface area contributed by atoms with Gasteiger partial charge in [-0.3, -0.25) is 0 Å². The Hall–Kier alpha value is 2.16. The van der Waals surface area contributed by atoms with Gasteiger partial charge in [-0.15, -0.1) is 0 Å². The molecule has 0 amide bonds. The standard InChI is InChI=1S/Cr.Fe.Mn.V. The topological polar surface area (TPSA) is 0 Å². The van der Waals surface area contributed by atoms with Crippen LogP contribution in [0, 0.1) is 0 Å². The van der Waals surface area contributed by atoms with Gasteiger partial charge < -0.3 is 0 Å². The molecule has 0 nitrogen and oxygen atoms in total. The van der Waals surface area contributed by atoms with Crippen LogP contribution < -0.4 is 0 Å². The first-order valence-electron chi connectivity index (χ1n) is 0. The molecular weight excluding hydrogens is 214 g/mol. The van der Waals surface area contributed by atoms with Crippen molar-refractivity contribution in [2.45, 2.75) is 0 Å². The van der Waals surface area contributed by atoms with E-state index < -0.39 is 0 Å². The van der Waals surface area contributed by atoms with E-state index >= 15 is 0 Å². The molecular formula is CrFeMnV. The van der Waals surface area contributed by atoms with Crippen molar-refractivity contribution in [3.63, 3.8) is 0 Å². The minimum Gasteiger partial charge on any atom is 0 e. The summed E-state index contributed by atoms with van der Waals surface area (Å²) in [5.74, 6) is 0. The van der Waals surface area contributed by atoms with Crippen molar-refractivity contribution in [1.29, 1.82) is 0 Å². The second-order valence-corrected chi connectivity index (χ2v) is 0. The monoisotopic (exact) mass is 214 g/mol.